The highest BCUT2D eigenvalue weighted by Gasteiger charge is 2.16. The number of rotatable bonds is 6. The third-order valence-electron chi connectivity index (χ3n) is 2.36. The van der Waals surface area contributed by atoms with Gasteiger partial charge in [0.05, 0.1) is 25.0 Å². The Labute approximate surface area is 106 Å². The molecule has 0 radical (unpaired) electrons. The molecule has 6 heteroatoms. The van der Waals surface area contributed by atoms with E-state index in [9.17, 15) is 9.90 Å². The summed E-state index contributed by atoms with van der Waals surface area (Å²) < 4.78 is 4.94. The van der Waals surface area contributed by atoms with Crippen molar-refractivity contribution in [2.24, 2.45) is 0 Å². The van der Waals surface area contributed by atoms with Crippen molar-refractivity contribution in [3.05, 3.63) is 29.6 Å². The Morgan fingerprint density at radius 3 is 2.89 bits per heavy atom. The number of aliphatic hydroxyl groups is 2. The lowest BCUT2D eigenvalue weighted by molar-refractivity contribution is 0.0516. The number of likely N-dealkylation sites (N-methyl/N-ethyl adjacent to an activating group) is 1. The summed E-state index contributed by atoms with van der Waals surface area (Å²) in [6.45, 7) is 0.0182. The molecule has 0 bridgehead atoms. The first-order chi connectivity index (χ1) is 8.58. The molecule has 1 amide bonds. The zero-order valence-corrected chi connectivity index (χ0v) is 10.5. The lowest BCUT2D eigenvalue weighted by Crippen LogP contribution is -2.36. The Balaban J connectivity index is 2.73. The summed E-state index contributed by atoms with van der Waals surface area (Å²) in [5.41, 5.74) is 0.955. The fraction of sp³-hybridized carbons (Fsp3) is 0.500. The third kappa shape index (κ3) is 4.06. The predicted octanol–water partition coefficient (Wildman–Crippen LogP) is -0.347. The molecule has 1 aromatic heterocycles. The summed E-state index contributed by atoms with van der Waals surface area (Å²) in [6, 6.07) is 5.09. The van der Waals surface area contributed by atoms with E-state index < -0.39 is 6.10 Å². The van der Waals surface area contributed by atoms with E-state index in [-0.39, 0.29) is 24.8 Å². The average Bonchev–Trinajstić information content (AvgIpc) is 2.38. The molecule has 0 saturated carbocycles. The molecule has 6 nitrogen and oxygen atoms in total. The van der Waals surface area contributed by atoms with Crippen LogP contribution in [-0.2, 0) is 11.3 Å². The molecular weight excluding hydrogens is 236 g/mol. The second kappa shape index (κ2) is 7.05. The van der Waals surface area contributed by atoms with E-state index in [1.165, 1.54) is 4.90 Å². The van der Waals surface area contributed by atoms with Gasteiger partial charge in [0, 0.05) is 20.7 Å². The molecule has 1 heterocycles. The number of amides is 1. The summed E-state index contributed by atoms with van der Waals surface area (Å²) in [5.74, 6) is -0.305. The molecule has 1 rings (SSSR count). The van der Waals surface area contributed by atoms with E-state index in [1.807, 2.05) is 0 Å². The Kier molecular flexibility index (Phi) is 5.70. The molecule has 1 atom stereocenters. The van der Waals surface area contributed by atoms with E-state index in [0.717, 1.165) is 0 Å². The van der Waals surface area contributed by atoms with E-state index in [1.54, 1.807) is 32.4 Å². The molecule has 100 valence electrons. The van der Waals surface area contributed by atoms with Crippen LogP contribution in [0.15, 0.2) is 18.2 Å². The summed E-state index contributed by atoms with van der Waals surface area (Å²) >= 11 is 0. The van der Waals surface area contributed by atoms with Crippen molar-refractivity contribution in [2.75, 3.05) is 27.3 Å². The molecule has 0 unspecified atom stereocenters. The minimum Gasteiger partial charge on any atom is -0.394 e. The predicted molar refractivity (Wildman–Crippen MR) is 65.0 cm³/mol. The van der Waals surface area contributed by atoms with Crippen LogP contribution in [0.1, 0.15) is 16.2 Å². The Morgan fingerprint density at radius 2 is 2.28 bits per heavy atom. The molecule has 0 aliphatic carbocycles. The first kappa shape index (κ1) is 14.6. The maximum Gasteiger partial charge on any atom is 0.272 e. The quantitative estimate of drug-likeness (QED) is 0.725. The van der Waals surface area contributed by atoms with Crippen LogP contribution in [0.3, 0.4) is 0 Å². The van der Waals surface area contributed by atoms with Gasteiger partial charge in [-0.2, -0.15) is 0 Å². The van der Waals surface area contributed by atoms with Gasteiger partial charge < -0.3 is 19.8 Å². The average molecular weight is 254 g/mol. The first-order valence-electron chi connectivity index (χ1n) is 5.57. The van der Waals surface area contributed by atoms with Crippen molar-refractivity contribution in [1.29, 1.82) is 0 Å². The smallest absolute Gasteiger partial charge is 0.272 e. The number of nitrogens with zero attached hydrogens (tertiary/aromatic N) is 2. The minimum absolute atomic E-state index is 0.0610. The van der Waals surface area contributed by atoms with Crippen molar-refractivity contribution in [3.63, 3.8) is 0 Å². The van der Waals surface area contributed by atoms with Crippen LogP contribution >= 0.6 is 0 Å². The summed E-state index contributed by atoms with van der Waals surface area (Å²) in [5, 5.41) is 18.0. The van der Waals surface area contributed by atoms with Crippen LogP contribution in [0, 0.1) is 0 Å². The fourth-order valence-corrected chi connectivity index (χ4v) is 1.48. The largest absolute Gasteiger partial charge is 0.394 e. The normalized spacial score (nSPS) is 12.2. The summed E-state index contributed by atoms with van der Waals surface area (Å²) in [6.07, 6.45) is -0.943. The first-order valence-corrected chi connectivity index (χ1v) is 5.57. The van der Waals surface area contributed by atoms with Crippen molar-refractivity contribution in [2.45, 2.75) is 12.7 Å². The molecule has 0 saturated heterocycles. The van der Waals surface area contributed by atoms with Crippen LogP contribution in [0.25, 0.3) is 0 Å². The number of methoxy groups -OCH3 is 1. The maximum absolute atomic E-state index is 12.0. The van der Waals surface area contributed by atoms with Gasteiger partial charge in [0.1, 0.15) is 5.69 Å². The van der Waals surface area contributed by atoms with Gasteiger partial charge in [-0.1, -0.05) is 6.07 Å². The lowest BCUT2D eigenvalue weighted by Gasteiger charge is -2.19. The highest BCUT2D eigenvalue weighted by Crippen LogP contribution is 2.04. The van der Waals surface area contributed by atoms with Crippen LogP contribution in [-0.4, -0.2) is 59.4 Å². The number of hydrogen-bond donors (Lipinski definition) is 2. The van der Waals surface area contributed by atoms with Crippen molar-refractivity contribution < 1.29 is 19.7 Å². The van der Waals surface area contributed by atoms with Crippen LogP contribution < -0.4 is 0 Å². The Hall–Kier alpha value is -1.50. The zero-order valence-electron chi connectivity index (χ0n) is 10.5. The minimum atomic E-state index is -0.943. The van der Waals surface area contributed by atoms with Crippen LogP contribution in [0.4, 0.5) is 0 Å². The monoisotopic (exact) mass is 254 g/mol. The van der Waals surface area contributed by atoms with Gasteiger partial charge in [-0.25, -0.2) is 4.98 Å². The van der Waals surface area contributed by atoms with Crippen LogP contribution in [0.2, 0.25) is 0 Å². The van der Waals surface area contributed by atoms with Gasteiger partial charge in [-0.05, 0) is 12.1 Å². The molecule has 1 aromatic rings. The topological polar surface area (TPSA) is 82.9 Å². The van der Waals surface area contributed by atoms with E-state index >= 15 is 0 Å². The molecule has 18 heavy (non-hydrogen) atoms. The second-order valence-corrected chi connectivity index (χ2v) is 3.97. The van der Waals surface area contributed by atoms with Gasteiger partial charge in [0.25, 0.3) is 5.91 Å². The second-order valence-electron chi connectivity index (χ2n) is 3.97. The zero-order chi connectivity index (χ0) is 13.5. The molecule has 2 N–H and O–H groups in total. The number of ether oxygens (including phenoxy) is 1. The van der Waals surface area contributed by atoms with Crippen LogP contribution in [0.5, 0.6) is 0 Å². The highest BCUT2D eigenvalue weighted by atomic mass is 16.5. The van der Waals surface area contributed by atoms with Crippen molar-refractivity contribution in [1.82, 2.24) is 9.88 Å². The Morgan fingerprint density at radius 1 is 1.56 bits per heavy atom. The van der Waals surface area contributed by atoms with Gasteiger partial charge in [-0.3, -0.25) is 4.79 Å². The SMILES string of the molecule is COCc1cccc(C(=O)N(C)C[C@H](O)CO)n1. The number of pyridine rings is 1. The fourth-order valence-electron chi connectivity index (χ4n) is 1.48. The standard InChI is InChI=1S/C12H18N2O4/c1-14(6-10(16)7-15)12(17)11-5-3-4-9(13-11)8-18-2/h3-5,10,15-16H,6-8H2,1-2H3/t10-/m0/s1. The van der Waals surface area contributed by atoms with E-state index in [0.29, 0.717) is 12.3 Å². The Bertz CT molecular complexity index is 397. The van der Waals surface area contributed by atoms with Gasteiger partial charge in [-0.15, -0.1) is 0 Å². The number of aliphatic hydroxyl groups excluding tert-OH is 2. The highest BCUT2D eigenvalue weighted by molar-refractivity contribution is 5.92. The number of carbonyl (C=O) groups excluding carboxylic acids is 1. The number of aromatic nitrogens is 1. The van der Waals surface area contributed by atoms with E-state index in [4.69, 9.17) is 9.84 Å². The molecule has 0 aliphatic heterocycles. The molecule has 0 aromatic carbocycles. The molecule has 0 fully saturated rings. The van der Waals surface area contributed by atoms with Crippen molar-refractivity contribution in [3.8, 4) is 0 Å². The number of carbonyl (C=O) groups is 1. The van der Waals surface area contributed by atoms with E-state index in [2.05, 4.69) is 4.98 Å². The number of hydrogen-bond acceptors (Lipinski definition) is 5. The summed E-state index contributed by atoms with van der Waals surface area (Å²) in [7, 11) is 3.10. The molecule has 0 aliphatic rings. The third-order valence-corrected chi connectivity index (χ3v) is 2.36. The summed E-state index contributed by atoms with van der Waals surface area (Å²) in [4.78, 5) is 17.5. The lowest BCUT2D eigenvalue weighted by atomic mass is 10.2. The van der Waals surface area contributed by atoms with Gasteiger partial charge in [0.2, 0.25) is 0 Å². The molecular formula is C12H18N2O4. The van der Waals surface area contributed by atoms with Gasteiger partial charge in [0.15, 0.2) is 0 Å². The molecule has 0 spiro atoms. The maximum atomic E-state index is 12.0. The van der Waals surface area contributed by atoms with Gasteiger partial charge >= 0.3 is 0 Å². The van der Waals surface area contributed by atoms with Crippen molar-refractivity contribution >= 4 is 5.91 Å².